The van der Waals surface area contributed by atoms with Crippen LogP contribution in [0.3, 0.4) is 0 Å². The van der Waals surface area contributed by atoms with Gasteiger partial charge in [0.2, 0.25) is 0 Å². The first kappa shape index (κ1) is 27.0. The molecule has 3 aromatic rings. The highest BCUT2D eigenvalue weighted by molar-refractivity contribution is 9.09. The van der Waals surface area contributed by atoms with Gasteiger partial charge >= 0.3 is 0 Å². The van der Waals surface area contributed by atoms with Crippen LogP contribution in [-0.4, -0.2) is 49.3 Å². The Morgan fingerprint density at radius 2 is 1.75 bits per heavy atom. The van der Waals surface area contributed by atoms with E-state index in [4.69, 9.17) is 16.6 Å². The number of hydrogen-bond donors (Lipinski definition) is 0. The highest BCUT2D eigenvalue weighted by Gasteiger charge is 2.32. The molecule has 1 aliphatic rings. The molecule has 1 atom stereocenters. The quantitative estimate of drug-likeness (QED) is 0.351. The molecule has 2 aromatic carbocycles. The maximum absolute atomic E-state index is 13.0. The SMILES string of the molecule is CCc1ccc(S(C)(=O)=O)c2c1C(c1ccc(S(=O)(=O)CC)c(Cl)c1)=NCc1nnc(C(Br)CC)n1-2. The van der Waals surface area contributed by atoms with Crippen molar-refractivity contribution < 1.29 is 16.8 Å². The number of rotatable bonds is 7. The van der Waals surface area contributed by atoms with Gasteiger partial charge in [0.05, 0.1) is 36.8 Å². The number of nitrogens with zero attached hydrogens (tertiary/aromatic N) is 4. The second-order valence-corrected chi connectivity index (χ2v) is 14.2. The molecule has 0 bridgehead atoms. The van der Waals surface area contributed by atoms with E-state index in [-0.39, 0.29) is 31.9 Å². The Labute approximate surface area is 224 Å². The standard InChI is InChI=1S/C24H26BrClN4O4S2/c1-5-14-8-11-19(35(4,31)32)23-21(14)22(15-9-10-18(17(26)12-15)36(33,34)7-3)27-13-20-28-29-24(30(20)23)16(25)6-2/h8-12,16H,5-7,13H2,1-4H3. The minimum absolute atomic E-state index is 0.0509. The van der Waals surface area contributed by atoms with E-state index in [1.54, 1.807) is 35.8 Å². The molecule has 0 saturated heterocycles. The number of halogens is 2. The molecule has 192 valence electrons. The number of benzene rings is 2. The third-order valence-corrected chi connectivity index (χ3v) is 10.6. The first-order chi connectivity index (χ1) is 16.9. The van der Waals surface area contributed by atoms with Gasteiger partial charge in [-0.05, 0) is 36.6 Å². The minimum Gasteiger partial charge on any atom is -0.278 e. The van der Waals surface area contributed by atoms with Crippen LogP contribution in [0.2, 0.25) is 5.02 Å². The summed E-state index contributed by atoms with van der Waals surface area (Å²) in [7, 11) is -7.17. The Morgan fingerprint density at radius 1 is 1.06 bits per heavy atom. The molecule has 4 rings (SSSR count). The van der Waals surface area contributed by atoms with Crippen LogP contribution in [0.1, 0.15) is 60.4 Å². The van der Waals surface area contributed by atoms with E-state index in [2.05, 4.69) is 26.1 Å². The normalized spacial score (nSPS) is 14.6. The van der Waals surface area contributed by atoms with Crippen molar-refractivity contribution in [2.75, 3.05) is 12.0 Å². The Kier molecular flexibility index (Phi) is 7.49. The lowest BCUT2D eigenvalue weighted by molar-refractivity contribution is 0.596. The Morgan fingerprint density at radius 3 is 2.33 bits per heavy atom. The van der Waals surface area contributed by atoms with Crippen molar-refractivity contribution in [2.24, 2.45) is 4.99 Å². The summed E-state index contributed by atoms with van der Waals surface area (Å²) in [5.74, 6) is 1.02. The summed E-state index contributed by atoms with van der Waals surface area (Å²) in [5, 5.41) is 8.79. The monoisotopic (exact) mass is 612 g/mol. The zero-order valence-electron chi connectivity index (χ0n) is 20.3. The van der Waals surface area contributed by atoms with Gasteiger partial charge in [-0.1, -0.05) is 60.4 Å². The predicted octanol–water partition coefficient (Wildman–Crippen LogP) is 4.88. The fraction of sp³-hybridized carbons (Fsp3) is 0.375. The number of alkyl halides is 1. The Bertz CT molecular complexity index is 1600. The Balaban J connectivity index is 2.09. The van der Waals surface area contributed by atoms with Gasteiger partial charge in [0.25, 0.3) is 0 Å². The topological polar surface area (TPSA) is 111 Å². The molecule has 0 N–H and O–H groups in total. The molecular weight excluding hydrogens is 588 g/mol. The first-order valence-electron chi connectivity index (χ1n) is 11.5. The lowest BCUT2D eigenvalue weighted by Gasteiger charge is -2.21. The average molecular weight is 614 g/mol. The van der Waals surface area contributed by atoms with E-state index in [9.17, 15) is 16.8 Å². The number of aryl methyl sites for hydroxylation is 1. The molecule has 0 spiro atoms. The molecule has 1 unspecified atom stereocenters. The number of sulfone groups is 2. The second kappa shape index (κ2) is 10.00. The van der Waals surface area contributed by atoms with Gasteiger partial charge in [-0.3, -0.25) is 9.56 Å². The maximum Gasteiger partial charge on any atom is 0.179 e. The second-order valence-electron chi connectivity index (χ2n) is 8.47. The van der Waals surface area contributed by atoms with Crippen LogP contribution in [0.4, 0.5) is 0 Å². The number of aromatic nitrogens is 3. The van der Waals surface area contributed by atoms with E-state index in [1.165, 1.54) is 12.3 Å². The fourth-order valence-corrected chi connectivity index (χ4v) is 6.91. The van der Waals surface area contributed by atoms with E-state index in [0.717, 1.165) is 5.56 Å². The molecule has 8 nitrogen and oxygen atoms in total. The van der Waals surface area contributed by atoms with Gasteiger partial charge < -0.3 is 0 Å². The summed E-state index contributed by atoms with van der Waals surface area (Å²) in [4.78, 5) is 4.87. The predicted molar refractivity (Wildman–Crippen MR) is 144 cm³/mol. The average Bonchev–Trinajstić information content (AvgIpc) is 3.18. The van der Waals surface area contributed by atoms with Crippen molar-refractivity contribution in [3.8, 4) is 5.69 Å². The van der Waals surface area contributed by atoms with Gasteiger partial charge in [-0.25, -0.2) is 16.8 Å². The molecule has 36 heavy (non-hydrogen) atoms. The largest absolute Gasteiger partial charge is 0.278 e. The van der Waals surface area contributed by atoms with Crippen molar-refractivity contribution in [3.05, 3.63) is 63.7 Å². The summed E-state index contributed by atoms with van der Waals surface area (Å²) in [6.45, 7) is 5.69. The lowest BCUT2D eigenvalue weighted by atomic mass is 9.94. The summed E-state index contributed by atoms with van der Waals surface area (Å²) < 4.78 is 52.7. The van der Waals surface area contributed by atoms with Crippen molar-refractivity contribution >= 4 is 52.9 Å². The van der Waals surface area contributed by atoms with Crippen LogP contribution >= 0.6 is 27.5 Å². The van der Waals surface area contributed by atoms with Crippen molar-refractivity contribution in [2.45, 2.75) is 54.8 Å². The molecule has 1 aromatic heterocycles. The molecule has 0 saturated carbocycles. The third-order valence-electron chi connectivity index (χ3n) is 6.16. The maximum atomic E-state index is 13.0. The fourth-order valence-electron chi connectivity index (χ4n) is 4.28. The zero-order chi connectivity index (χ0) is 26.4. The lowest BCUT2D eigenvalue weighted by Crippen LogP contribution is -2.17. The van der Waals surface area contributed by atoms with Gasteiger partial charge in [-0.15, -0.1) is 10.2 Å². The molecular formula is C24H26BrClN4O4S2. The molecule has 0 fully saturated rings. The highest BCUT2D eigenvalue weighted by Crippen LogP contribution is 2.37. The van der Waals surface area contributed by atoms with Crippen LogP contribution in [0, 0.1) is 0 Å². The minimum atomic E-state index is -3.65. The van der Waals surface area contributed by atoms with E-state index >= 15 is 0 Å². The molecule has 2 heterocycles. The highest BCUT2D eigenvalue weighted by atomic mass is 79.9. The van der Waals surface area contributed by atoms with Crippen molar-refractivity contribution in [1.82, 2.24) is 14.8 Å². The zero-order valence-corrected chi connectivity index (χ0v) is 24.3. The van der Waals surface area contributed by atoms with Crippen LogP contribution < -0.4 is 0 Å². The Hall–Kier alpha value is -2.08. The summed E-state index contributed by atoms with van der Waals surface area (Å²) in [5.41, 5.74) is 3.07. The van der Waals surface area contributed by atoms with E-state index in [1.807, 2.05) is 13.8 Å². The summed E-state index contributed by atoms with van der Waals surface area (Å²) >= 11 is 10.1. The van der Waals surface area contributed by atoms with Crippen LogP contribution in [0.15, 0.2) is 45.1 Å². The van der Waals surface area contributed by atoms with Crippen LogP contribution in [-0.2, 0) is 32.6 Å². The number of fused-ring (bicyclic) bond motifs is 3. The van der Waals surface area contributed by atoms with Gasteiger partial charge in [0.15, 0.2) is 31.3 Å². The smallest absolute Gasteiger partial charge is 0.179 e. The number of aliphatic imine (C=N–C) groups is 1. The van der Waals surface area contributed by atoms with Crippen LogP contribution in [0.5, 0.6) is 0 Å². The van der Waals surface area contributed by atoms with Crippen molar-refractivity contribution in [3.63, 3.8) is 0 Å². The first-order valence-corrected chi connectivity index (χ1v) is 16.3. The van der Waals surface area contributed by atoms with E-state index < -0.39 is 19.7 Å². The van der Waals surface area contributed by atoms with Crippen LogP contribution in [0.25, 0.3) is 5.69 Å². The summed E-state index contributed by atoms with van der Waals surface area (Å²) in [6, 6.07) is 8.13. The van der Waals surface area contributed by atoms with Gasteiger partial charge in [-0.2, -0.15) is 0 Å². The van der Waals surface area contributed by atoms with Crippen molar-refractivity contribution in [1.29, 1.82) is 0 Å². The molecule has 0 amide bonds. The molecule has 0 radical (unpaired) electrons. The van der Waals surface area contributed by atoms with Gasteiger partial charge in [0.1, 0.15) is 6.54 Å². The van der Waals surface area contributed by atoms with E-state index in [0.29, 0.717) is 47.0 Å². The third kappa shape index (κ3) is 4.66. The molecule has 1 aliphatic heterocycles. The molecule has 0 aliphatic carbocycles. The molecule has 12 heteroatoms. The van der Waals surface area contributed by atoms with Gasteiger partial charge in [0, 0.05) is 17.4 Å². The summed E-state index contributed by atoms with van der Waals surface area (Å²) in [6.07, 6.45) is 2.50. The number of hydrogen-bond acceptors (Lipinski definition) is 7.